The Morgan fingerprint density at radius 3 is 2.48 bits per heavy atom. The summed E-state index contributed by atoms with van der Waals surface area (Å²) in [5.74, 6) is -0.461. The monoisotopic (exact) mass is 354 g/mol. The fourth-order valence-corrected chi connectivity index (χ4v) is 4.70. The Balaban J connectivity index is 1.84. The van der Waals surface area contributed by atoms with Crippen LogP contribution in [0.2, 0.25) is 0 Å². The number of carbonyl (C=O) groups is 1. The average molecular weight is 354 g/mol. The number of para-hydroxylation sites is 1. The maximum absolute atomic E-state index is 12.0. The molecule has 0 aliphatic carbocycles. The van der Waals surface area contributed by atoms with Crippen LogP contribution in [0.25, 0.3) is 10.2 Å². The maximum Gasteiger partial charge on any atom is 0.241 e. The molecule has 2 N–H and O–H groups in total. The molecule has 1 saturated heterocycles. The highest BCUT2D eigenvalue weighted by Crippen LogP contribution is 2.30. The van der Waals surface area contributed by atoms with Crippen molar-refractivity contribution in [1.82, 2.24) is 14.2 Å². The van der Waals surface area contributed by atoms with Gasteiger partial charge in [-0.25, -0.2) is 13.4 Å². The summed E-state index contributed by atoms with van der Waals surface area (Å²) in [6.07, 6.45) is 1.20. The standard InChI is InChI=1S/C14H18N4O3S2/c1-23(20,21)18-8-6-17(7-9-18)12(13(15)19)14-16-10-4-2-3-5-11(10)22-14/h2-5,12H,6-9H2,1H3,(H2,15,19). The van der Waals surface area contributed by atoms with Crippen molar-refractivity contribution in [3.63, 3.8) is 0 Å². The van der Waals surface area contributed by atoms with Crippen molar-refractivity contribution < 1.29 is 13.2 Å². The molecule has 1 fully saturated rings. The molecule has 1 aliphatic rings. The lowest BCUT2D eigenvalue weighted by Gasteiger charge is -2.36. The molecule has 0 bridgehead atoms. The minimum atomic E-state index is -3.20. The number of nitrogens with two attached hydrogens (primary N) is 1. The second kappa shape index (κ2) is 6.16. The number of benzene rings is 1. The van der Waals surface area contributed by atoms with Crippen LogP contribution < -0.4 is 5.73 Å². The average Bonchev–Trinajstić information content (AvgIpc) is 2.89. The molecule has 1 atom stereocenters. The van der Waals surface area contributed by atoms with Crippen molar-refractivity contribution in [2.45, 2.75) is 6.04 Å². The van der Waals surface area contributed by atoms with E-state index in [2.05, 4.69) is 4.98 Å². The summed E-state index contributed by atoms with van der Waals surface area (Å²) in [6, 6.07) is 7.06. The molecule has 0 radical (unpaired) electrons. The van der Waals surface area contributed by atoms with Gasteiger partial charge in [0, 0.05) is 26.2 Å². The topological polar surface area (TPSA) is 96.6 Å². The van der Waals surface area contributed by atoms with E-state index in [4.69, 9.17) is 5.73 Å². The molecule has 2 heterocycles. The zero-order chi connectivity index (χ0) is 16.6. The van der Waals surface area contributed by atoms with E-state index in [1.807, 2.05) is 29.2 Å². The van der Waals surface area contributed by atoms with E-state index in [9.17, 15) is 13.2 Å². The van der Waals surface area contributed by atoms with Gasteiger partial charge < -0.3 is 5.73 Å². The second-order valence-electron chi connectivity index (χ2n) is 5.52. The predicted molar refractivity (Wildman–Crippen MR) is 89.5 cm³/mol. The highest BCUT2D eigenvalue weighted by atomic mass is 32.2. The lowest BCUT2D eigenvalue weighted by atomic mass is 10.2. The van der Waals surface area contributed by atoms with Gasteiger partial charge in [-0.15, -0.1) is 11.3 Å². The Hall–Kier alpha value is -1.55. The quantitative estimate of drug-likeness (QED) is 0.857. The molecule has 1 aromatic carbocycles. The molecule has 1 aliphatic heterocycles. The molecule has 7 nitrogen and oxygen atoms in total. The number of fused-ring (bicyclic) bond motifs is 1. The first-order valence-electron chi connectivity index (χ1n) is 7.20. The third kappa shape index (κ3) is 3.37. The molecular weight excluding hydrogens is 336 g/mol. The van der Waals surface area contributed by atoms with Crippen LogP contribution in [-0.2, 0) is 14.8 Å². The summed E-state index contributed by atoms with van der Waals surface area (Å²) in [5, 5.41) is 0.659. The Morgan fingerprint density at radius 2 is 1.91 bits per heavy atom. The minimum Gasteiger partial charge on any atom is -0.368 e. The van der Waals surface area contributed by atoms with Crippen LogP contribution in [0.5, 0.6) is 0 Å². The van der Waals surface area contributed by atoms with Crippen LogP contribution in [0.3, 0.4) is 0 Å². The lowest BCUT2D eigenvalue weighted by Crippen LogP contribution is -2.51. The number of aromatic nitrogens is 1. The number of hydrogen-bond acceptors (Lipinski definition) is 6. The van der Waals surface area contributed by atoms with E-state index in [0.717, 1.165) is 10.2 Å². The van der Waals surface area contributed by atoms with Crippen LogP contribution in [0.4, 0.5) is 0 Å². The first kappa shape index (κ1) is 16.3. The van der Waals surface area contributed by atoms with Crippen molar-refractivity contribution in [2.24, 2.45) is 5.73 Å². The third-order valence-corrected chi connectivity index (χ3v) is 6.31. The van der Waals surface area contributed by atoms with Crippen LogP contribution >= 0.6 is 11.3 Å². The maximum atomic E-state index is 12.0. The highest BCUT2D eigenvalue weighted by molar-refractivity contribution is 7.88. The van der Waals surface area contributed by atoms with Crippen molar-refractivity contribution in [1.29, 1.82) is 0 Å². The van der Waals surface area contributed by atoms with Crippen molar-refractivity contribution in [2.75, 3.05) is 32.4 Å². The molecule has 0 saturated carbocycles. The summed E-state index contributed by atoms with van der Waals surface area (Å²) in [5.41, 5.74) is 6.44. The largest absolute Gasteiger partial charge is 0.368 e. The van der Waals surface area contributed by atoms with Gasteiger partial charge in [-0.3, -0.25) is 9.69 Å². The third-order valence-electron chi connectivity index (χ3n) is 3.92. The van der Waals surface area contributed by atoms with Gasteiger partial charge in [0.2, 0.25) is 15.9 Å². The Bertz CT molecular complexity index is 792. The van der Waals surface area contributed by atoms with E-state index < -0.39 is 22.0 Å². The van der Waals surface area contributed by atoms with Crippen molar-refractivity contribution in [3.8, 4) is 0 Å². The summed E-state index contributed by atoms with van der Waals surface area (Å²) in [4.78, 5) is 18.4. The van der Waals surface area contributed by atoms with E-state index in [1.165, 1.54) is 21.9 Å². The summed E-state index contributed by atoms with van der Waals surface area (Å²) in [6.45, 7) is 1.62. The van der Waals surface area contributed by atoms with E-state index >= 15 is 0 Å². The number of amides is 1. The molecular formula is C14H18N4O3S2. The molecule has 1 aromatic heterocycles. The van der Waals surface area contributed by atoms with Gasteiger partial charge in [0.1, 0.15) is 11.0 Å². The zero-order valence-corrected chi connectivity index (χ0v) is 14.3. The lowest BCUT2D eigenvalue weighted by molar-refractivity contribution is -0.124. The van der Waals surface area contributed by atoms with Crippen molar-refractivity contribution in [3.05, 3.63) is 29.3 Å². The second-order valence-corrected chi connectivity index (χ2v) is 8.57. The van der Waals surface area contributed by atoms with E-state index in [1.54, 1.807) is 0 Å². The predicted octanol–water partition coefficient (Wildman–Crippen LogP) is 0.400. The number of nitrogens with zero attached hydrogens (tertiary/aromatic N) is 3. The molecule has 23 heavy (non-hydrogen) atoms. The van der Waals surface area contributed by atoms with Gasteiger partial charge in [0.15, 0.2) is 0 Å². The highest BCUT2D eigenvalue weighted by Gasteiger charge is 2.33. The smallest absolute Gasteiger partial charge is 0.241 e. The van der Waals surface area contributed by atoms with Gasteiger partial charge in [-0.2, -0.15) is 4.31 Å². The number of carbonyl (C=O) groups excluding carboxylic acids is 1. The van der Waals surface area contributed by atoms with E-state index in [-0.39, 0.29) is 0 Å². The zero-order valence-electron chi connectivity index (χ0n) is 12.7. The first-order valence-corrected chi connectivity index (χ1v) is 9.87. The molecule has 9 heteroatoms. The Labute approximate surface area is 138 Å². The number of primary amides is 1. The van der Waals surface area contributed by atoms with Gasteiger partial charge in [-0.05, 0) is 12.1 Å². The molecule has 124 valence electrons. The van der Waals surface area contributed by atoms with E-state index in [0.29, 0.717) is 31.2 Å². The molecule has 2 aromatic rings. The molecule has 1 amide bonds. The van der Waals surface area contributed by atoms with Gasteiger partial charge in [-0.1, -0.05) is 12.1 Å². The van der Waals surface area contributed by atoms with Crippen LogP contribution in [-0.4, -0.2) is 60.9 Å². The van der Waals surface area contributed by atoms with Gasteiger partial charge >= 0.3 is 0 Å². The molecule has 3 rings (SSSR count). The summed E-state index contributed by atoms with van der Waals surface area (Å²) >= 11 is 1.45. The number of sulfonamides is 1. The SMILES string of the molecule is CS(=O)(=O)N1CCN(C(C(N)=O)c2nc3ccccc3s2)CC1. The van der Waals surface area contributed by atoms with Crippen LogP contribution in [0.1, 0.15) is 11.0 Å². The number of thiazole rings is 1. The first-order chi connectivity index (χ1) is 10.9. The van der Waals surface area contributed by atoms with Gasteiger partial charge in [0.25, 0.3) is 0 Å². The number of piperazine rings is 1. The molecule has 0 spiro atoms. The Morgan fingerprint density at radius 1 is 1.26 bits per heavy atom. The summed E-state index contributed by atoms with van der Waals surface area (Å²) in [7, 11) is -3.20. The van der Waals surface area contributed by atoms with Crippen molar-refractivity contribution >= 4 is 37.5 Å². The number of rotatable bonds is 4. The molecule has 1 unspecified atom stereocenters. The van der Waals surface area contributed by atoms with Crippen LogP contribution in [0.15, 0.2) is 24.3 Å². The summed E-state index contributed by atoms with van der Waals surface area (Å²) < 4.78 is 25.6. The fraction of sp³-hybridized carbons (Fsp3) is 0.429. The van der Waals surface area contributed by atoms with Gasteiger partial charge in [0.05, 0.1) is 16.5 Å². The minimum absolute atomic E-state index is 0.355. The number of hydrogen-bond donors (Lipinski definition) is 1. The van der Waals surface area contributed by atoms with Crippen LogP contribution in [0, 0.1) is 0 Å². The Kier molecular flexibility index (Phi) is 4.37. The normalized spacial score (nSPS) is 19.0. The fourth-order valence-electron chi connectivity index (χ4n) is 2.76.